The summed E-state index contributed by atoms with van der Waals surface area (Å²) in [7, 11) is 0. The predicted molar refractivity (Wildman–Crippen MR) is 119 cm³/mol. The van der Waals surface area contributed by atoms with Crippen LogP contribution in [0.5, 0.6) is 0 Å². The molecule has 160 valence electrons. The Labute approximate surface area is 184 Å². The number of nitrogens with zero attached hydrogens (tertiary/aromatic N) is 2. The molecule has 1 heterocycles. The number of aryl methyl sites for hydroxylation is 2. The van der Waals surface area contributed by atoms with Gasteiger partial charge in [0, 0.05) is 35.2 Å². The first-order valence-electron chi connectivity index (χ1n) is 9.27. The summed E-state index contributed by atoms with van der Waals surface area (Å²) in [5.41, 5.74) is 3.54. The maximum Gasteiger partial charge on any atom is 0.306 e. The van der Waals surface area contributed by atoms with Crippen LogP contribution in [0.3, 0.4) is 0 Å². The third kappa shape index (κ3) is 6.56. The zero-order valence-electron chi connectivity index (χ0n) is 17.7. The van der Waals surface area contributed by atoms with Gasteiger partial charge in [0.15, 0.2) is 17.5 Å². The van der Waals surface area contributed by atoms with Crippen LogP contribution < -0.4 is 5.32 Å². The van der Waals surface area contributed by atoms with Gasteiger partial charge >= 0.3 is 5.97 Å². The van der Waals surface area contributed by atoms with Gasteiger partial charge in [0.2, 0.25) is 5.91 Å². The number of ether oxygens (including phenoxy) is 1. The Balaban J connectivity index is 1.95. The first kappa shape index (κ1) is 23.9. The molecule has 1 aromatic heterocycles. The van der Waals surface area contributed by atoms with Crippen molar-refractivity contribution in [3.05, 3.63) is 40.7 Å². The molecule has 0 aliphatic heterocycles. The fourth-order valence-corrected chi connectivity index (χ4v) is 3.85. The molecule has 9 heteroatoms. The van der Waals surface area contributed by atoms with Gasteiger partial charge < -0.3 is 10.1 Å². The number of rotatable bonds is 9. The normalized spacial score (nSPS) is 10.6. The van der Waals surface area contributed by atoms with Crippen LogP contribution in [0.2, 0.25) is 0 Å². The van der Waals surface area contributed by atoms with Crippen LogP contribution >= 0.6 is 23.5 Å². The molecule has 30 heavy (non-hydrogen) atoms. The van der Waals surface area contributed by atoms with Crippen molar-refractivity contribution in [2.75, 3.05) is 24.4 Å². The molecule has 0 fully saturated rings. The number of hydrogen-bond donors (Lipinski definition) is 1. The van der Waals surface area contributed by atoms with E-state index in [1.165, 1.54) is 30.4 Å². The molecule has 0 radical (unpaired) electrons. The van der Waals surface area contributed by atoms with Crippen LogP contribution in [0, 0.1) is 13.8 Å². The Bertz CT molecular complexity index is 940. The van der Waals surface area contributed by atoms with Gasteiger partial charge in [-0.3, -0.25) is 14.4 Å². The zero-order valence-corrected chi connectivity index (χ0v) is 19.3. The molecule has 0 aliphatic carbocycles. The Morgan fingerprint density at radius 3 is 2.30 bits per heavy atom. The lowest BCUT2D eigenvalue weighted by Gasteiger charge is -2.11. The van der Waals surface area contributed by atoms with Crippen molar-refractivity contribution < 1.29 is 19.1 Å². The number of Topliss-reactive ketones (excluding diaryl/α,β-unsaturated/α-hetero) is 1. The molecular formula is C21H25N3O4S2. The minimum Gasteiger partial charge on any atom is -0.457 e. The number of thioether (sulfide) groups is 2. The maximum absolute atomic E-state index is 12.4. The second-order valence-electron chi connectivity index (χ2n) is 6.54. The highest BCUT2D eigenvalue weighted by molar-refractivity contribution is 7.98. The molecule has 0 spiro atoms. The molecule has 1 aromatic carbocycles. The maximum atomic E-state index is 12.4. The highest BCUT2D eigenvalue weighted by atomic mass is 32.2. The van der Waals surface area contributed by atoms with E-state index in [0.29, 0.717) is 22.8 Å². The number of ketones is 1. The van der Waals surface area contributed by atoms with E-state index in [1.54, 1.807) is 18.2 Å². The zero-order chi connectivity index (χ0) is 22.3. The molecule has 0 atom stereocenters. The van der Waals surface area contributed by atoms with Gasteiger partial charge in [0.1, 0.15) is 0 Å². The first-order valence-corrected chi connectivity index (χ1v) is 11.7. The summed E-state index contributed by atoms with van der Waals surface area (Å²) in [4.78, 5) is 45.6. The molecule has 2 aromatic rings. The summed E-state index contributed by atoms with van der Waals surface area (Å²) >= 11 is 2.93. The van der Waals surface area contributed by atoms with Crippen LogP contribution in [0.25, 0.3) is 0 Å². The van der Waals surface area contributed by atoms with Gasteiger partial charge in [0.25, 0.3) is 0 Å². The van der Waals surface area contributed by atoms with E-state index in [1.807, 2.05) is 26.4 Å². The summed E-state index contributed by atoms with van der Waals surface area (Å²) in [5.74, 6) is -1.01. The van der Waals surface area contributed by atoms with Gasteiger partial charge in [0.05, 0.1) is 5.69 Å². The fraction of sp³-hybridized carbons (Fsp3) is 0.381. The average Bonchev–Trinajstić information content (AvgIpc) is 2.70. The van der Waals surface area contributed by atoms with Crippen LogP contribution in [0.4, 0.5) is 5.69 Å². The number of hydrogen-bond acceptors (Lipinski definition) is 8. The number of carbonyl (C=O) groups excluding carboxylic acids is 3. The molecule has 2 rings (SSSR count). The lowest BCUT2D eigenvalue weighted by atomic mass is 10.1. The van der Waals surface area contributed by atoms with Crippen LogP contribution in [0.1, 0.15) is 40.7 Å². The Morgan fingerprint density at radius 2 is 1.73 bits per heavy atom. The number of carbonyl (C=O) groups is 3. The Hall–Kier alpha value is -2.39. The van der Waals surface area contributed by atoms with E-state index in [-0.39, 0.29) is 24.7 Å². The van der Waals surface area contributed by atoms with Crippen molar-refractivity contribution in [2.24, 2.45) is 0 Å². The van der Waals surface area contributed by atoms with Crippen molar-refractivity contribution in [1.82, 2.24) is 9.97 Å². The second-order valence-corrected chi connectivity index (χ2v) is 8.16. The smallest absolute Gasteiger partial charge is 0.306 e. The van der Waals surface area contributed by atoms with Gasteiger partial charge in [-0.15, -0.1) is 11.8 Å². The van der Waals surface area contributed by atoms with Gasteiger partial charge in [-0.2, -0.15) is 0 Å². The number of esters is 1. The fourth-order valence-electron chi connectivity index (χ4n) is 2.86. The highest BCUT2D eigenvalue weighted by Crippen LogP contribution is 2.26. The van der Waals surface area contributed by atoms with E-state index in [9.17, 15) is 14.4 Å². The molecule has 0 aliphatic rings. The summed E-state index contributed by atoms with van der Waals surface area (Å²) in [6.07, 6.45) is 4.39. The SMILES string of the molecule is CSc1nc(C)c(CCC(=O)OCC(=O)c2ccc(SC)c(NC(C)=O)c2)c(C)n1. The molecule has 1 N–H and O–H groups in total. The quantitative estimate of drug-likeness (QED) is 0.268. The monoisotopic (exact) mass is 447 g/mol. The van der Waals surface area contributed by atoms with Crippen molar-refractivity contribution in [1.29, 1.82) is 0 Å². The van der Waals surface area contributed by atoms with E-state index in [0.717, 1.165) is 21.8 Å². The number of anilines is 1. The number of nitrogens with one attached hydrogen (secondary N) is 1. The Kier molecular flexibility index (Phi) is 8.86. The number of aromatic nitrogens is 2. The Morgan fingerprint density at radius 1 is 1.07 bits per heavy atom. The van der Waals surface area contributed by atoms with E-state index >= 15 is 0 Å². The lowest BCUT2D eigenvalue weighted by Crippen LogP contribution is -2.16. The minimum atomic E-state index is -0.459. The van der Waals surface area contributed by atoms with Crippen LogP contribution in [-0.4, -0.2) is 46.7 Å². The van der Waals surface area contributed by atoms with Gasteiger partial charge in [-0.1, -0.05) is 17.8 Å². The van der Waals surface area contributed by atoms with Crippen molar-refractivity contribution in [3.63, 3.8) is 0 Å². The second kappa shape index (κ2) is 11.1. The first-order chi connectivity index (χ1) is 14.2. The molecule has 0 saturated carbocycles. The number of benzene rings is 1. The molecular weight excluding hydrogens is 422 g/mol. The standard InChI is InChI=1S/C21H25N3O4S2/c1-12-16(13(2)23-21(22-12)30-5)7-9-20(27)28-11-18(26)15-6-8-19(29-4)17(10-15)24-14(3)25/h6,8,10H,7,9,11H2,1-5H3,(H,24,25). The third-order valence-corrected chi connectivity index (χ3v) is 5.70. The molecule has 0 saturated heterocycles. The van der Waals surface area contributed by atoms with E-state index in [4.69, 9.17) is 4.74 Å². The van der Waals surface area contributed by atoms with Gasteiger partial charge in [-0.05, 0) is 50.5 Å². The summed E-state index contributed by atoms with van der Waals surface area (Å²) in [5, 5.41) is 3.41. The van der Waals surface area contributed by atoms with Crippen molar-refractivity contribution in [2.45, 2.75) is 43.7 Å². The summed E-state index contributed by atoms with van der Waals surface area (Å²) < 4.78 is 5.16. The van der Waals surface area contributed by atoms with Crippen molar-refractivity contribution in [3.8, 4) is 0 Å². The molecule has 1 amide bonds. The molecule has 0 bridgehead atoms. The minimum absolute atomic E-state index is 0.138. The summed E-state index contributed by atoms with van der Waals surface area (Å²) in [6, 6.07) is 5.01. The number of amides is 1. The van der Waals surface area contributed by atoms with E-state index < -0.39 is 5.97 Å². The molecule has 7 nitrogen and oxygen atoms in total. The van der Waals surface area contributed by atoms with Crippen LogP contribution in [0.15, 0.2) is 28.3 Å². The third-order valence-electron chi connectivity index (χ3n) is 4.36. The average molecular weight is 448 g/mol. The molecule has 0 unspecified atom stereocenters. The predicted octanol–water partition coefficient (Wildman–Crippen LogP) is 3.85. The lowest BCUT2D eigenvalue weighted by molar-refractivity contribution is -0.142. The summed E-state index contributed by atoms with van der Waals surface area (Å²) in [6.45, 7) is 4.84. The van der Waals surface area contributed by atoms with Gasteiger partial charge in [-0.25, -0.2) is 9.97 Å². The van der Waals surface area contributed by atoms with Crippen LogP contribution in [-0.2, 0) is 20.7 Å². The van der Waals surface area contributed by atoms with Crippen molar-refractivity contribution >= 4 is 46.9 Å². The topological polar surface area (TPSA) is 98.2 Å². The van der Waals surface area contributed by atoms with E-state index in [2.05, 4.69) is 15.3 Å². The largest absolute Gasteiger partial charge is 0.457 e. The highest BCUT2D eigenvalue weighted by Gasteiger charge is 2.15.